The minimum atomic E-state index is -0.00417. The lowest BCUT2D eigenvalue weighted by Crippen LogP contribution is -2.37. The van der Waals surface area contributed by atoms with Crippen molar-refractivity contribution in [3.05, 3.63) is 12.3 Å². The molecule has 1 aliphatic heterocycles. The molecule has 1 fully saturated rings. The molecule has 0 atom stereocenters. The average Bonchev–Trinajstić information content (AvgIpc) is 2.63. The van der Waals surface area contributed by atoms with Crippen LogP contribution in [0.1, 0.15) is 32.1 Å². The van der Waals surface area contributed by atoms with E-state index in [0.717, 1.165) is 31.7 Å². The number of aryl methyl sites for hydroxylation is 1. The van der Waals surface area contributed by atoms with E-state index in [-0.39, 0.29) is 6.03 Å². The van der Waals surface area contributed by atoms with Crippen molar-refractivity contribution in [2.24, 2.45) is 7.05 Å². The fourth-order valence-corrected chi connectivity index (χ4v) is 2.14. The number of anilines is 1. The number of likely N-dealkylation sites (tertiary alicyclic amines) is 1. The molecule has 2 amide bonds. The number of carbonyl (C=O) groups excluding carboxylic acids is 1. The molecule has 5 heteroatoms. The first-order valence-corrected chi connectivity index (χ1v) is 6.31. The van der Waals surface area contributed by atoms with Gasteiger partial charge in [0.1, 0.15) is 5.82 Å². The van der Waals surface area contributed by atoms with Gasteiger partial charge in [0.15, 0.2) is 0 Å². The van der Waals surface area contributed by atoms with Crippen LogP contribution in [0.2, 0.25) is 0 Å². The summed E-state index contributed by atoms with van der Waals surface area (Å²) < 4.78 is 1.67. The summed E-state index contributed by atoms with van der Waals surface area (Å²) in [6.07, 6.45) is 7.67. The van der Waals surface area contributed by atoms with E-state index in [1.807, 2.05) is 18.0 Å². The molecule has 0 bridgehead atoms. The highest BCUT2D eigenvalue weighted by Crippen LogP contribution is 2.12. The second kappa shape index (κ2) is 5.70. The Balaban J connectivity index is 1.91. The van der Waals surface area contributed by atoms with Crippen molar-refractivity contribution in [2.75, 3.05) is 18.4 Å². The van der Waals surface area contributed by atoms with Gasteiger partial charge in [-0.25, -0.2) is 4.79 Å². The van der Waals surface area contributed by atoms with Crippen LogP contribution < -0.4 is 5.32 Å². The molecule has 1 aromatic heterocycles. The van der Waals surface area contributed by atoms with E-state index in [1.54, 1.807) is 10.9 Å². The maximum absolute atomic E-state index is 12.1. The lowest BCUT2D eigenvalue weighted by Gasteiger charge is -2.24. The molecule has 94 valence electrons. The highest BCUT2D eigenvalue weighted by atomic mass is 16.2. The summed E-state index contributed by atoms with van der Waals surface area (Å²) >= 11 is 0. The van der Waals surface area contributed by atoms with Crippen LogP contribution in [0.5, 0.6) is 0 Å². The first kappa shape index (κ1) is 12.0. The van der Waals surface area contributed by atoms with Gasteiger partial charge in [0.2, 0.25) is 0 Å². The monoisotopic (exact) mass is 236 g/mol. The van der Waals surface area contributed by atoms with Crippen molar-refractivity contribution < 1.29 is 4.79 Å². The summed E-state index contributed by atoms with van der Waals surface area (Å²) in [5.41, 5.74) is 0. The van der Waals surface area contributed by atoms with Gasteiger partial charge >= 0.3 is 6.03 Å². The third-order valence-electron chi connectivity index (χ3n) is 3.20. The Bertz CT molecular complexity index is 366. The third-order valence-corrected chi connectivity index (χ3v) is 3.20. The van der Waals surface area contributed by atoms with E-state index >= 15 is 0 Å². The lowest BCUT2D eigenvalue weighted by atomic mass is 10.1. The maximum Gasteiger partial charge on any atom is 0.322 e. The third kappa shape index (κ3) is 3.22. The number of hydrogen-bond donors (Lipinski definition) is 1. The first-order valence-electron chi connectivity index (χ1n) is 6.31. The Kier molecular flexibility index (Phi) is 4.01. The van der Waals surface area contributed by atoms with Gasteiger partial charge in [-0.15, -0.1) is 0 Å². The minimum absolute atomic E-state index is 0.00417. The van der Waals surface area contributed by atoms with E-state index in [1.165, 1.54) is 19.3 Å². The molecule has 2 heterocycles. The van der Waals surface area contributed by atoms with Crippen LogP contribution >= 0.6 is 0 Å². The van der Waals surface area contributed by atoms with E-state index in [2.05, 4.69) is 10.4 Å². The largest absolute Gasteiger partial charge is 0.325 e. The molecule has 0 aliphatic carbocycles. The SMILES string of the molecule is Cn1nccc1NC(=O)N1CCCCCCC1. The number of carbonyl (C=O) groups is 1. The van der Waals surface area contributed by atoms with Gasteiger partial charge in [0.05, 0.1) is 6.20 Å². The summed E-state index contributed by atoms with van der Waals surface area (Å²) in [4.78, 5) is 14.0. The van der Waals surface area contributed by atoms with Crippen LogP contribution in [-0.4, -0.2) is 33.8 Å². The van der Waals surface area contributed by atoms with Crippen molar-refractivity contribution in [3.8, 4) is 0 Å². The van der Waals surface area contributed by atoms with Crippen LogP contribution in [0.3, 0.4) is 0 Å². The standard InChI is InChI=1S/C12H20N4O/c1-15-11(7-8-13-15)14-12(17)16-9-5-3-2-4-6-10-16/h7-8H,2-6,9-10H2,1H3,(H,14,17). The maximum atomic E-state index is 12.1. The van der Waals surface area contributed by atoms with Gasteiger partial charge < -0.3 is 4.90 Å². The zero-order chi connectivity index (χ0) is 12.1. The van der Waals surface area contributed by atoms with Gasteiger partial charge in [-0.1, -0.05) is 19.3 Å². The van der Waals surface area contributed by atoms with Crippen LogP contribution in [0.4, 0.5) is 10.6 Å². The number of nitrogens with zero attached hydrogens (tertiary/aromatic N) is 3. The van der Waals surface area contributed by atoms with E-state index in [0.29, 0.717) is 0 Å². The predicted molar refractivity (Wildman–Crippen MR) is 66.9 cm³/mol. The average molecular weight is 236 g/mol. The Labute approximate surface area is 102 Å². The van der Waals surface area contributed by atoms with E-state index in [4.69, 9.17) is 0 Å². The predicted octanol–water partition coefficient (Wildman–Crippen LogP) is 2.22. The number of aromatic nitrogens is 2. The normalized spacial score (nSPS) is 17.4. The van der Waals surface area contributed by atoms with Crippen molar-refractivity contribution in [3.63, 3.8) is 0 Å². The molecule has 1 aliphatic rings. The van der Waals surface area contributed by atoms with E-state index in [9.17, 15) is 4.79 Å². The zero-order valence-corrected chi connectivity index (χ0v) is 10.4. The summed E-state index contributed by atoms with van der Waals surface area (Å²) in [6, 6.07) is 1.80. The fourth-order valence-electron chi connectivity index (χ4n) is 2.14. The number of rotatable bonds is 1. The van der Waals surface area contributed by atoms with Crippen molar-refractivity contribution >= 4 is 11.8 Å². The van der Waals surface area contributed by atoms with Crippen LogP contribution in [0, 0.1) is 0 Å². The zero-order valence-electron chi connectivity index (χ0n) is 10.4. The molecular formula is C12H20N4O. The summed E-state index contributed by atoms with van der Waals surface area (Å²) in [5, 5.41) is 6.93. The van der Waals surface area contributed by atoms with Crippen LogP contribution in [0.15, 0.2) is 12.3 Å². The molecule has 0 spiro atoms. The Morgan fingerprint density at radius 2 is 1.88 bits per heavy atom. The van der Waals surface area contributed by atoms with Crippen LogP contribution in [-0.2, 0) is 7.05 Å². The molecule has 1 aromatic rings. The molecule has 1 N–H and O–H groups in total. The number of nitrogens with one attached hydrogen (secondary N) is 1. The van der Waals surface area contributed by atoms with Gasteiger partial charge in [0, 0.05) is 26.2 Å². The van der Waals surface area contributed by atoms with Gasteiger partial charge in [-0.05, 0) is 12.8 Å². The Morgan fingerprint density at radius 1 is 1.24 bits per heavy atom. The number of hydrogen-bond acceptors (Lipinski definition) is 2. The molecule has 1 saturated heterocycles. The topological polar surface area (TPSA) is 50.2 Å². The van der Waals surface area contributed by atoms with E-state index < -0.39 is 0 Å². The van der Waals surface area contributed by atoms with Crippen molar-refractivity contribution in [2.45, 2.75) is 32.1 Å². The Morgan fingerprint density at radius 3 is 2.47 bits per heavy atom. The second-order valence-corrected chi connectivity index (χ2v) is 4.53. The number of urea groups is 1. The van der Waals surface area contributed by atoms with Crippen molar-refractivity contribution in [1.29, 1.82) is 0 Å². The minimum Gasteiger partial charge on any atom is -0.325 e. The van der Waals surface area contributed by atoms with Crippen molar-refractivity contribution in [1.82, 2.24) is 14.7 Å². The molecule has 5 nitrogen and oxygen atoms in total. The molecule has 0 saturated carbocycles. The molecule has 2 rings (SSSR count). The van der Waals surface area contributed by atoms with Gasteiger partial charge in [0.25, 0.3) is 0 Å². The summed E-state index contributed by atoms with van der Waals surface area (Å²) in [5.74, 6) is 0.747. The highest BCUT2D eigenvalue weighted by molar-refractivity contribution is 5.88. The summed E-state index contributed by atoms with van der Waals surface area (Å²) in [6.45, 7) is 1.73. The Hall–Kier alpha value is -1.52. The second-order valence-electron chi connectivity index (χ2n) is 4.53. The van der Waals surface area contributed by atoms with Gasteiger partial charge in [-0.2, -0.15) is 5.10 Å². The molecule has 0 unspecified atom stereocenters. The quantitative estimate of drug-likeness (QED) is 0.812. The van der Waals surface area contributed by atoms with Crippen LogP contribution in [0.25, 0.3) is 0 Å². The van der Waals surface area contributed by atoms with Gasteiger partial charge in [-0.3, -0.25) is 10.00 Å². The fraction of sp³-hybridized carbons (Fsp3) is 0.667. The molecule has 0 aromatic carbocycles. The lowest BCUT2D eigenvalue weighted by molar-refractivity contribution is 0.205. The smallest absolute Gasteiger partial charge is 0.322 e. The first-order chi connectivity index (χ1) is 8.27. The molecular weight excluding hydrogens is 216 g/mol. The highest BCUT2D eigenvalue weighted by Gasteiger charge is 2.15. The summed E-state index contributed by atoms with van der Waals surface area (Å²) in [7, 11) is 1.82. The number of amides is 2. The molecule has 17 heavy (non-hydrogen) atoms. The molecule has 0 radical (unpaired) electrons.